The molecule has 1 aromatic heterocycles. The molecule has 4 nitrogen and oxygen atoms in total. The topological polar surface area (TPSA) is 34.0 Å². The highest BCUT2D eigenvalue weighted by Gasteiger charge is 2.05. The van der Waals surface area contributed by atoms with Crippen LogP contribution in [-0.2, 0) is 20.0 Å². The average Bonchev–Trinajstić information content (AvgIpc) is 3.00. The van der Waals surface area contributed by atoms with Crippen LogP contribution in [0.1, 0.15) is 11.3 Å². The third kappa shape index (κ3) is 4.27. The molecule has 118 valence electrons. The predicted octanol–water partition coefficient (Wildman–Crippen LogP) is 3.16. The zero-order valence-electron chi connectivity index (χ0n) is 13.7. The third-order valence-electron chi connectivity index (χ3n) is 3.89. The van der Waals surface area contributed by atoms with Gasteiger partial charge in [0.05, 0.1) is 5.69 Å². The van der Waals surface area contributed by atoms with Gasteiger partial charge in [-0.25, -0.2) is 0 Å². The molecular formula is C19H22N4. The lowest BCUT2D eigenvalue weighted by atomic mass is 10.0. The molecule has 3 aromatic rings. The number of hydrogen-bond acceptors (Lipinski definition) is 3. The molecule has 0 aliphatic rings. The van der Waals surface area contributed by atoms with E-state index in [0.29, 0.717) is 0 Å². The fourth-order valence-electron chi connectivity index (χ4n) is 2.69. The van der Waals surface area contributed by atoms with Crippen LogP contribution >= 0.6 is 0 Å². The molecule has 3 rings (SSSR count). The monoisotopic (exact) mass is 306 g/mol. The molecule has 0 saturated heterocycles. The Bertz CT molecular complexity index is 749. The van der Waals surface area contributed by atoms with Crippen LogP contribution in [0.3, 0.4) is 0 Å². The first kappa shape index (κ1) is 15.4. The number of likely N-dealkylation sites (N-methyl/N-ethyl adjacent to an activating group) is 1. The first-order valence-electron chi connectivity index (χ1n) is 7.89. The molecule has 0 saturated carbocycles. The van der Waals surface area contributed by atoms with E-state index in [1.54, 1.807) is 4.68 Å². The summed E-state index contributed by atoms with van der Waals surface area (Å²) in [6.07, 6.45) is 2.90. The number of aryl methyl sites for hydroxylation is 1. The minimum atomic E-state index is 0.919. The summed E-state index contributed by atoms with van der Waals surface area (Å²) in [6, 6.07) is 19.3. The number of hydrogen-bond donors (Lipinski definition) is 0. The maximum Gasteiger partial charge on any atom is 0.0839 e. The van der Waals surface area contributed by atoms with Crippen molar-refractivity contribution in [3.05, 3.63) is 72.1 Å². The van der Waals surface area contributed by atoms with Gasteiger partial charge in [0, 0.05) is 32.8 Å². The zero-order chi connectivity index (χ0) is 16.1. The lowest BCUT2D eigenvalue weighted by Crippen LogP contribution is -2.20. The van der Waals surface area contributed by atoms with Gasteiger partial charge in [0.25, 0.3) is 0 Å². The minimum absolute atomic E-state index is 0.919. The van der Waals surface area contributed by atoms with Crippen molar-refractivity contribution in [1.29, 1.82) is 0 Å². The van der Waals surface area contributed by atoms with E-state index in [1.807, 2.05) is 19.3 Å². The van der Waals surface area contributed by atoms with Gasteiger partial charge in [-0.1, -0.05) is 53.7 Å². The maximum absolute atomic E-state index is 4.13. The van der Waals surface area contributed by atoms with E-state index >= 15 is 0 Å². The molecule has 0 bridgehead atoms. The minimum Gasteiger partial charge on any atom is -0.302 e. The molecule has 0 aliphatic carbocycles. The molecule has 0 amide bonds. The van der Waals surface area contributed by atoms with Gasteiger partial charge in [-0.2, -0.15) is 0 Å². The Morgan fingerprint density at radius 2 is 1.78 bits per heavy atom. The Kier molecular flexibility index (Phi) is 4.83. The Morgan fingerprint density at radius 3 is 2.52 bits per heavy atom. The Morgan fingerprint density at radius 1 is 1.00 bits per heavy atom. The summed E-state index contributed by atoms with van der Waals surface area (Å²) in [4.78, 5) is 2.32. The summed E-state index contributed by atoms with van der Waals surface area (Å²) in [5.41, 5.74) is 4.90. The molecule has 0 fully saturated rings. The second-order valence-corrected chi connectivity index (χ2v) is 5.94. The second-order valence-electron chi connectivity index (χ2n) is 5.94. The zero-order valence-corrected chi connectivity index (χ0v) is 13.7. The Hall–Kier alpha value is -2.46. The van der Waals surface area contributed by atoms with E-state index in [4.69, 9.17) is 0 Å². The third-order valence-corrected chi connectivity index (χ3v) is 3.89. The van der Waals surface area contributed by atoms with Crippen molar-refractivity contribution < 1.29 is 0 Å². The molecule has 4 heteroatoms. The first-order valence-corrected chi connectivity index (χ1v) is 7.89. The summed E-state index contributed by atoms with van der Waals surface area (Å²) in [5.74, 6) is 0. The standard InChI is InChI=1S/C19H22N4/c1-22(12-11-19-15-23(2)21-20-19)14-16-7-6-10-18(13-16)17-8-4-3-5-9-17/h3-10,13,15H,11-12,14H2,1-2H3. The summed E-state index contributed by atoms with van der Waals surface area (Å²) < 4.78 is 1.75. The van der Waals surface area contributed by atoms with Crippen LogP contribution in [0, 0.1) is 0 Å². The van der Waals surface area contributed by atoms with E-state index in [-0.39, 0.29) is 0 Å². The Labute approximate surface area is 137 Å². The predicted molar refractivity (Wildman–Crippen MR) is 92.9 cm³/mol. The molecule has 0 aliphatic heterocycles. The molecule has 0 unspecified atom stereocenters. The quantitative estimate of drug-likeness (QED) is 0.701. The number of aromatic nitrogens is 3. The SMILES string of the molecule is CN(CCc1cn(C)nn1)Cc1cccc(-c2ccccc2)c1. The van der Waals surface area contributed by atoms with Gasteiger partial charge in [0.1, 0.15) is 0 Å². The van der Waals surface area contributed by atoms with Gasteiger partial charge >= 0.3 is 0 Å². The van der Waals surface area contributed by atoms with Gasteiger partial charge in [-0.3, -0.25) is 4.68 Å². The smallest absolute Gasteiger partial charge is 0.0839 e. The van der Waals surface area contributed by atoms with Gasteiger partial charge in [-0.15, -0.1) is 5.10 Å². The van der Waals surface area contributed by atoms with Crippen LogP contribution in [0.4, 0.5) is 0 Å². The lowest BCUT2D eigenvalue weighted by Gasteiger charge is -2.16. The number of benzene rings is 2. The summed E-state index contributed by atoms with van der Waals surface area (Å²) >= 11 is 0. The van der Waals surface area contributed by atoms with Gasteiger partial charge in [-0.05, 0) is 29.8 Å². The van der Waals surface area contributed by atoms with Crippen molar-refractivity contribution in [2.45, 2.75) is 13.0 Å². The van der Waals surface area contributed by atoms with Crippen molar-refractivity contribution >= 4 is 0 Å². The van der Waals surface area contributed by atoms with Crippen LogP contribution in [0.25, 0.3) is 11.1 Å². The summed E-state index contributed by atoms with van der Waals surface area (Å²) in [6.45, 7) is 1.90. The van der Waals surface area contributed by atoms with Crippen LogP contribution in [0.5, 0.6) is 0 Å². The normalized spacial score (nSPS) is 11.1. The summed E-state index contributed by atoms with van der Waals surface area (Å²) in [7, 11) is 4.04. The van der Waals surface area contributed by atoms with Crippen LogP contribution < -0.4 is 0 Å². The highest BCUT2D eigenvalue weighted by molar-refractivity contribution is 5.63. The molecule has 0 N–H and O–H groups in total. The first-order chi connectivity index (χ1) is 11.2. The molecule has 0 radical (unpaired) electrons. The van der Waals surface area contributed by atoms with Crippen molar-refractivity contribution in [3.8, 4) is 11.1 Å². The molecule has 0 atom stereocenters. The molecule has 23 heavy (non-hydrogen) atoms. The highest BCUT2D eigenvalue weighted by Crippen LogP contribution is 2.20. The highest BCUT2D eigenvalue weighted by atomic mass is 15.4. The van der Waals surface area contributed by atoms with Crippen LogP contribution in [0.2, 0.25) is 0 Å². The van der Waals surface area contributed by atoms with Crippen molar-refractivity contribution in [2.24, 2.45) is 7.05 Å². The van der Waals surface area contributed by atoms with Gasteiger partial charge in [0.2, 0.25) is 0 Å². The second kappa shape index (κ2) is 7.20. The number of nitrogens with zero attached hydrogens (tertiary/aromatic N) is 4. The molecular weight excluding hydrogens is 284 g/mol. The van der Waals surface area contributed by atoms with Crippen molar-refractivity contribution in [2.75, 3.05) is 13.6 Å². The molecule has 0 spiro atoms. The molecule has 1 heterocycles. The maximum atomic E-state index is 4.13. The Balaban J connectivity index is 1.61. The largest absolute Gasteiger partial charge is 0.302 e. The van der Waals surface area contributed by atoms with E-state index in [9.17, 15) is 0 Å². The fourth-order valence-corrected chi connectivity index (χ4v) is 2.69. The average molecular weight is 306 g/mol. The van der Waals surface area contributed by atoms with Crippen molar-refractivity contribution in [3.63, 3.8) is 0 Å². The van der Waals surface area contributed by atoms with Gasteiger partial charge < -0.3 is 4.90 Å². The van der Waals surface area contributed by atoms with Crippen LogP contribution in [-0.4, -0.2) is 33.5 Å². The summed E-state index contributed by atoms with van der Waals surface area (Å²) in [5, 5.41) is 8.11. The van der Waals surface area contributed by atoms with Gasteiger partial charge in [0.15, 0.2) is 0 Å². The fraction of sp³-hybridized carbons (Fsp3) is 0.263. The van der Waals surface area contributed by atoms with E-state index < -0.39 is 0 Å². The van der Waals surface area contributed by atoms with Crippen molar-refractivity contribution in [1.82, 2.24) is 19.9 Å². The van der Waals surface area contributed by atoms with E-state index in [0.717, 1.165) is 25.2 Å². The number of rotatable bonds is 6. The van der Waals surface area contributed by atoms with Crippen LogP contribution in [0.15, 0.2) is 60.8 Å². The lowest BCUT2D eigenvalue weighted by molar-refractivity contribution is 0.330. The van der Waals surface area contributed by atoms with E-state index in [2.05, 4.69) is 70.8 Å². The molecule has 2 aromatic carbocycles. The van der Waals surface area contributed by atoms with E-state index in [1.165, 1.54) is 16.7 Å².